The van der Waals surface area contributed by atoms with Crippen LogP contribution in [0.2, 0.25) is 5.02 Å². The van der Waals surface area contributed by atoms with Gasteiger partial charge in [-0.05, 0) is 65.4 Å². The number of fused-ring (bicyclic) bond motifs is 3. The fourth-order valence-corrected chi connectivity index (χ4v) is 5.76. The standard InChI is InChI=1S/C25H18F5N4O4P.C6H5Cl.C4H10.2C2H6/c26-24(27,25(28,29)30)21-11-20(16-4-2-15(3-5-16)13-38-39-36-8-1-9-37-39)19-7-6-18-10-17(23-33-31-14-35-23)12-34(18)22(19)32-21;7-6-4-2-1-3-5-6;1-4(2)3;2*1-2/h2-7,10-12,14H,1,8-9,13H2;1-5H;4H,1-3H3;2*1-2H3. The summed E-state index contributed by atoms with van der Waals surface area (Å²) in [5, 5.41) is 8.61. The van der Waals surface area contributed by atoms with Gasteiger partial charge in [0, 0.05) is 22.1 Å². The SMILES string of the molecule is CC.CC.CC(C)C.Clc1ccccc1.FC(F)(F)C(F)(F)c1cc(-c2ccc(COP3OCCCO3)cc2)c2ccc3cc(-c4nnco4)cn3c2n1. The van der Waals surface area contributed by atoms with E-state index in [-0.39, 0.29) is 23.7 Å². The molecule has 1 fully saturated rings. The van der Waals surface area contributed by atoms with Gasteiger partial charge in [0.1, 0.15) is 11.3 Å². The van der Waals surface area contributed by atoms with Gasteiger partial charge in [-0.15, -0.1) is 10.2 Å². The van der Waals surface area contributed by atoms with Gasteiger partial charge >= 0.3 is 20.7 Å². The Morgan fingerprint density at radius 3 is 2.02 bits per heavy atom. The first kappa shape index (κ1) is 44.4. The molecule has 4 aromatic heterocycles. The molecule has 54 heavy (non-hydrogen) atoms. The molecule has 0 N–H and O–H groups in total. The Labute approximate surface area is 318 Å². The number of pyridine rings is 2. The summed E-state index contributed by atoms with van der Waals surface area (Å²) in [4.78, 5) is 3.80. The number of halogens is 6. The Bertz CT molecular complexity index is 1970. The smallest absolute Gasteiger partial charge is 0.423 e. The topological polar surface area (TPSA) is 83.9 Å². The van der Waals surface area contributed by atoms with E-state index < -0.39 is 26.4 Å². The average Bonchev–Trinajstić information content (AvgIpc) is 3.87. The van der Waals surface area contributed by atoms with Crippen LogP contribution < -0.4 is 0 Å². The van der Waals surface area contributed by atoms with Crippen molar-refractivity contribution < 1.29 is 39.9 Å². The lowest BCUT2D eigenvalue weighted by atomic mass is 9.99. The molecule has 292 valence electrons. The fourth-order valence-electron chi connectivity index (χ4n) is 4.58. The molecule has 5 heterocycles. The van der Waals surface area contributed by atoms with Gasteiger partial charge in [0.25, 0.3) is 0 Å². The lowest BCUT2D eigenvalue weighted by molar-refractivity contribution is -0.290. The third kappa shape index (κ3) is 12.0. The van der Waals surface area contributed by atoms with E-state index in [1.807, 2.05) is 58.0 Å². The van der Waals surface area contributed by atoms with E-state index in [1.165, 1.54) is 10.6 Å². The molecular formula is C39H45ClF5N4O4P. The number of hydrogen-bond donors (Lipinski definition) is 0. The molecule has 1 aliphatic heterocycles. The van der Waals surface area contributed by atoms with Crippen molar-refractivity contribution >= 4 is 36.8 Å². The molecule has 0 saturated carbocycles. The largest absolute Gasteiger partial charge is 0.459 e. The molecule has 1 aliphatic rings. The summed E-state index contributed by atoms with van der Waals surface area (Å²) < 4.78 is 92.4. The maximum atomic E-state index is 14.6. The van der Waals surface area contributed by atoms with Crippen LogP contribution in [0.5, 0.6) is 0 Å². The van der Waals surface area contributed by atoms with Crippen molar-refractivity contribution in [3.8, 4) is 22.6 Å². The van der Waals surface area contributed by atoms with Crippen molar-refractivity contribution in [2.24, 2.45) is 5.92 Å². The van der Waals surface area contributed by atoms with Crippen LogP contribution in [0.15, 0.2) is 95.9 Å². The predicted octanol–water partition coefficient (Wildman–Crippen LogP) is 13.1. The predicted molar refractivity (Wildman–Crippen MR) is 204 cm³/mol. The summed E-state index contributed by atoms with van der Waals surface area (Å²) in [6.07, 6.45) is -2.43. The van der Waals surface area contributed by atoms with Gasteiger partial charge in [0.05, 0.1) is 25.4 Å². The Morgan fingerprint density at radius 2 is 1.48 bits per heavy atom. The van der Waals surface area contributed by atoms with Crippen molar-refractivity contribution in [3.05, 3.63) is 108 Å². The fraction of sp³-hybridized carbons (Fsp3) is 0.359. The normalized spacial score (nSPS) is 13.1. The number of aromatic nitrogens is 4. The molecule has 15 heteroatoms. The molecule has 0 unspecified atom stereocenters. The number of benzene rings is 2. The molecular weight excluding hydrogens is 750 g/mol. The zero-order chi connectivity index (χ0) is 39.9. The van der Waals surface area contributed by atoms with Gasteiger partial charge in [-0.3, -0.25) is 0 Å². The molecule has 7 rings (SSSR count). The molecule has 1 saturated heterocycles. The second kappa shape index (κ2) is 21.2. The van der Waals surface area contributed by atoms with Gasteiger partial charge in [-0.2, -0.15) is 22.0 Å². The third-order valence-electron chi connectivity index (χ3n) is 6.84. The Kier molecular flexibility index (Phi) is 17.4. The molecule has 0 amide bonds. The van der Waals surface area contributed by atoms with E-state index in [9.17, 15) is 22.0 Å². The van der Waals surface area contributed by atoms with Crippen LogP contribution in [0.25, 0.3) is 39.1 Å². The summed E-state index contributed by atoms with van der Waals surface area (Å²) in [6.45, 7) is 15.8. The Balaban J connectivity index is 0.000000445. The van der Waals surface area contributed by atoms with Gasteiger partial charge in [-0.1, -0.05) is 103 Å². The average molecular weight is 795 g/mol. The maximum Gasteiger partial charge on any atom is 0.459 e. The highest BCUT2D eigenvalue weighted by atomic mass is 35.5. The van der Waals surface area contributed by atoms with E-state index in [1.54, 1.807) is 42.5 Å². The molecule has 0 aliphatic carbocycles. The second-order valence-electron chi connectivity index (χ2n) is 11.7. The van der Waals surface area contributed by atoms with E-state index in [2.05, 4.69) is 36.0 Å². The minimum Gasteiger partial charge on any atom is -0.423 e. The van der Waals surface area contributed by atoms with Gasteiger partial charge in [-0.25, -0.2) is 4.98 Å². The number of rotatable bonds is 6. The summed E-state index contributed by atoms with van der Waals surface area (Å²) >= 11 is 5.54. The Hall–Kier alpha value is -4.00. The highest BCUT2D eigenvalue weighted by Crippen LogP contribution is 2.46. The summed E-state index contributed by atoms with van der Waals surface area (Å²) in [7, 11) is -1.44. The van der Waals surface area contributed by atoms with Crippen LogP contribution >= 0.6 is 20.2 Å². The molecule has 8 nitrogen and oxygen atoms in total. The van der Waals surface area contributed by atoms with Crippen LogP contribution in [0, 0.1) is 5.92 Å². The second-order valence-corrected chi connectivity index (χ2v) is 13.4. The minimum atomic E-state index is -5.84. The minimum absolute atomic E-state index is 0.0866. The number of hydrogen-bond acceptors (Lipinski definition) is 7. The Morgan fingerprint density at radius 1 is 0.852 bits per heavy atom. The van der Waals surface area contributed by atoms with Gasteiger partial charge in [0.2, 0.25) is 12.3 Å². The third-order valence-corrected chi connectivity index (χ3v) is 8.22. The number of nitrogens with zero attached hydrogens (tertiary/aromatic N) is 4. The summed E-state index contributed by atoms with van der Waals surface area (Å²) in [5.74, 6) is -4.19. The van der Waals surface area contributed by atoms with Crippen LogP contribution in [0.3, 0.4) is 0 Å². The van der Waals surface area contributed by atoms with Crippen LogP contribution in [-0.4, -0.2) is 39.0 Å². The number of alkyl halides is 5. The zero-order valence-electron chi connectivity index (χ0n) is 31.2. The lowest BCUT2D eigenvalue weighted by Gasteiger charge is -2.21. The van der Waals surface area contributed by atoms with E-state index >= 15 is 0 Å². The zero-order valence-corrected chi connectivity index (χ0v) is 32.9. The lowest BCUT2D eigenvalue weighted by Crippen LogP contribution is -2.34. The van der Waals surface area contributed by atoms with Crippen molar-refractivity contribution in [3.63, 3.8) is 0 Å². The molecule has 2 aromatic carbocycles. The van der Waals surface area contributed by atoms with Crippen LogP contribution in [0.4, 0.5) is 22.0 Å². The quantitative estimate of drug-likeness (QED) is 0.123. The summed E-state index contributed by atoms with van der Waals surface area (Å²) in [5.41, 5.74) is 0.762. The van der Waals surface area contributed by atoms with E-state index in [4.69, 9.17) is 29.6 Å². The first-order valence-electron chi connectivity index (χ1n) is 17.5. The van der Waals surface area contributed by atoms with Crippen molar-refractivity contribution in [1.29, 1.82) is 0 Å². The van der Waals surface area contributed by atoms with Crippen LogP contribution in [0.1, 0.15) is 66.1 Å². The van der Waals surface area contributed by atoms with Crippen molar-refractivity contribution in [2.45, 2.75) is 73.6 Å². The monoisotopic (exact) mass is 794 g/mol. The van der Waals surface area contributed by atoms with Crippen LogP contribution in [-0.2, 0) is 26.1 Å². The summed E-state index contributed by atoms with van der Waals surface area (Å²) in [6, 6.07) is 21.8. The highest BCUT2D eigenvalue weighted by molar-refractivity contribution is 7.41. The van der Waals surface area contributed by atoms with Crippen molar-refractivity contribution in [2.75, 3.05) is 13.2 Å². The van der Waals surface area contributed by atoms with Gasteiger partial charge in [0.15, 0.2) is 0 Å². The molecule has 0 bridgehead atoms. The van der Waals surface area contributed by atoms with E-state index in [0.717, 1.165) is 35.4 Å². The van der Waals surface area contributed by atoms with Crippen molar-refractivity contribution in [1.82, 2.24) is 19.6 Å². The highest BCUT2D eigenvalue weighted by Gasteiger charge is 2.60. The van der Waals surface area contributed by atoms with Gasteiger partial charge < -0.3 is 22.4 Å². The first-order valence-corrected chi connectivity index (χ1v) is 19.0. The molecule has 0 atom stereocenters. The first-order chi connectivity index (χ1) is 25.8. The molecule has 0 spiro atoms. The maximum absolute atomic E-state index is 14.6. The molecule has 6 aromatic rings. The van der Waals surface area contributed by atoms with E-state index in [0.29, 0.717) is 35.2 Å². The molecule has 0 radical (unpaired) electrons.